The number of nitrogens with zero attached hydrogens (tertiary/aromatic N) is 1. The van der Waals surface area contributed by atoms with E-state index in [1.165, 1.54) is 6.07 Å². The maximum absolute atomic E-state index is 13.6. The summed E-state index contributed by atoms with van der Waals surface area (Å²) in [5.41, 5.74) is -0.524. The van der Waals surface area contributed by atoms with Crippen molar-refractivity contribution in [1.29, 1.82) is 0 Å². The van der Waals surface area contributed by atoms with Crippen LogP contribution in [0.1, 0.15) is 32.4 Å². The highest BCUT2D eigenvalue weighted by Gasteiger charge is 2.22. The highest BCUT2D eigenvalue weighted by atomic mass is 79.9. The third kappa shape index (κ3) is 4.52. The first-order chi connectivity index (χ1) is 8.61. The lowest BCUT2D eigenvalue weighted by Crippen LogP contribution is -2.38. The molecule has 0 amide bonds. The summed E-state index contributed by atoms with van der Waals surface area (Å²) in [6.07, 6.45) is -0.939. The second-order valence-electron chi connectivity index (χ2n) is 5.24. The van der Waals surface area contributed by atoms with Crippen LogP contribution in [0.4, 0.5) is 10.1 Å². The Bertz CT molecular complexity index is 465. The van der Waals surface area contributed by atoms with Crippen molar-refractivity contribution in [2.24, 2.45) is 0 Å². The van der Waals surface area contributed by atoms with Gasteiger partial charge < -0.3 is 10.4 Å². The fraction of sp³-hybridized carbons (Fsp3) is 0.500. The van der Waals surface area contributed by atoms with Gasteiger partial charge in [-0.2, -0.15) is 4.39 Å². The molecule has 0 aliphatic carbocycles. The molecule has 0 heterocycles. The molecule has 0 saturated heterocycles. The van der Waals surface area contributed by atoms with Gasteiger partial charge in [0.25, 0.3) is 0 Å². The standard InChI is InChI=1S/C12H16BrFN2O3/c1-12(2,3)15-6-10(17)7-4-8(13)11(16(18)19)9(14)5-7/h4-5,10,15,17H,6H2,1-3H3. The second kappa shape index (κ2) is 5.94. The van der Waals surface area contributed by atoms with Crippen molar-refractivity contribution < 1.29 is 14.4 Å². The van der Waals surface area contributed by atoms with Gasteiger partial charge in [0.15, 0.2) is 0 Å². The van der Waals surface area contributed by atoms with Gasteiger partial charge in [-0.05, 0) is 54.4 Å². The summed E-state index contributed by atoms with van der Waals surface area (Å²) >= 11 is 2.94. The van der Waals surface area contributed by atoms with Gasteiger partial charge in [0.05, 0.1) is 15.5 Å². The van der Waals surface area contributed by atoms with Gasteiger partial charge >= 0.3 is 5.69 Å². The van der Waals surface area contributed by atoms with Crippen LogP contribution in [0.15, 0.2) is 16.6 Å². The number of benzene rings is 1. The average Bonchev–Trinajstić information content (AvgIpc) is 2.23. The molecular formula is C12H16BrFN2O3. The third-order valence-corrected chi connectivity index (χ3v) is 3.04. The molecule has 0 spiro atoms. The number of aliphatic hydroxyl groups excluding tert-OH is 1. The Morgan fingerprint density at radius 1 is 1.53 bits per heavy atom. The lowest BCUT2D eigenvalue weighted by atomic mass is 10.1. The minimum atomic E-state index is -0.968. The monoisotopic (exact) mass is 334 g/mol. The lowest BCUT2D eigenvalue weighted by molar-refractivity contribution is -0.388. The molecule has 1 aromatic carbocycles. The molecule has 0 aromatic heterocycles. The summed E-state index contributed by atoms with van der Waals surface area (Å²) in [6, 6.07) is 2.34. The highest BCUT2D eigenvalue weighted by Crippen LogP contribution is 2.31. The fourth-order valence-electron chi connectivity index (χ4n) is 1.47. The fourth-order valence-corrected chi connectivity index (χ4v) is 2.07. The topological polar surface area (TPSA) is 75.4 Å². The molecule has 0 saturated carbocycles. The second-order valence-corrected chi connectivity index (χ2v) is 6.09. The van der Waals surface area contributed by atoms with Crippen molar-refractivity contribution in [2.75, 3.05) is 6.54 Å². The number of aliphatic hydroxyl groups is 1. The van der Waals surface area contributed by atoms with E-state index in [1.54, 1.807) is 0 Å². The molecular weight excluding hydrogens is 319 g/mol. The number of halogens is 2. The largest absolute Gasteiger partial charge is 0.387 e. The summed E-state index contributed by atoms with van der Waals surface area (Å²) in [5, 5.41) is 23.7. The van der Waals surface area contributed by atoms with E-state index in [2.05, 4.69) is 21.2 Å². The SMILES string of the molecule is CC(C)(C)NCC(O)c1cc(F)c([N+](=O)[O-])c(Br)c1. The van der Waals surface area contributed by atoms with Crippen LogP contribution >= 0.6 is 15.9 Å². The molecule has 19 heavy (non-hydrogen) atoms. The van der Waals surface area contributed by atoms with Gasteiger partial charge in [-0.15, -0.1) is 0 Å². The summed E-state index contributed by atoms with van der Waals surface area (Å²) in [6.45, 7) is 6.04. The van der Waals surface area contributed by atoms with Gasteiger partial charge in [-0.3, -0.25) is 10.1 Å². The molecule has 1 aromatic rings. The Labute approximate surface area is 119 Å². The quantitative estimate of drug-likeness (QED) is 0.655. The van der Waals surface area contributed by atoms with Crippen LogP contribution in [0.3, 0.4) is 0 Å². The van der Waals surface area contributed by atoms with Crippen molar-refractivity contribution in [3.05, 3.63) is 38.1 Å². The zero-order chi connectivity index (χ0) is 14.8. The van der Waals surface area contributed by atoms with Crippen LogP contribution in [0.25, 0.3) is 0 Å². The third-order valence-electron chi connectivity index (χ3n) is 2.43. The number of rotatable bonds is 4. The van der Waals surface area contributed by atoms with E-state index in [4.69, 9.17) is 0 Å². The molecule has 0 fully saturated rings. The molecule has 106 valence electrons. The van der Waals surface area contributed by atoms with Crippen LogP contribution in [0, 0.1) is 15.9 Å². The highest BCUT2D eigenvalue weighted by molar-refractivity contribution is 9.10. The van der Waals surface area contributed by atoms with Crippen molar-refractivity contribution >= 4 is 21.6 Å². The zero-order valence-electron chi connectivity index (χ0n) is 10.9. The number of nitro groups is 1. The Morgan fingerprint density at radius 2 is 2.11 bits per heavy atom. The summed E-state index contributed by atoms with van der Waals surface area (Å²) < 4.78 is 13.6. The van der Waals surface area contributed by atoms with E-state index < -0.39 is 22.5 Å². The van der Waals surface area contributed by atoms with Crippen LogP contribution in [0.2, 0.25) is 0 Å². The zero-order valence-corrected chi connectivity index (χ0v) is 12.5. The van der Waals surface area contributed by atoms with E-state index in [0.29, 0.717) is 0 Å². The Morgan fingerprint density at radius 3 is 2.53 bits per heavy atom. The van der Waals surface area contributed by atoms with Crippen molar-refractivity contribution in [3.63, 3.8) is 0 Å². The molecule has 1 unspecified atom stereocenters. The molecule has 7 heteroatoms. The molecule has 0 radical (unpaired) electrons. The van der Waals surface area contributed by atoms with Gasteiger partial charge in [-0.1, -0.05) is 0 Å². The van der Waals surface area contributed by atoms with Crippen LogP contribution in [0.5, 0.6) is 0 Å². The summed E-state index contributed by atoms with van der Waals surface area (Å²) in [5.74, 6) is -0.968. The number of nitrogens with one attached hydrogen (secondary N) is 1. The van der Waals surface area contributed by atoms with Gasteiger partial charge in [0.2, 0.25) is 5.82 Å². The molecule has 2 N–H and O–H groups in total. The molecule has 0 aliphatic heterocycles. The Hall–Kier alpha value is -1.05. The summed E-state index contributed by atoms with van der Waals surface area (Å²) in [7, 11) is 0. The van der Waals surface area contributed by atoms with Crippen molar-refractivity contribution in [1.82, 2.24) is 5.32 Å². The van der Waals surface area contributed by atoms with E-state index in [0.717, 1.165) is 6.07 Å². The van der Waals surface area contributed by atoms with Crippen molar-refractivity contribution in [3.8, 4) is 0 Å². The first-order valence-electron chi connectivity index (χ1n) is 5.68. The van der Waals surface area contributed by atoms with Crippen LogP contribution < -0.4 is 5.32 Å². The predicted octanol–water partition coefficient (Wildman–Crippen LogP) is 2.92. The Kier molecular flexibility index (Phi) is 5.00. The van der Waals surface area contributed by atoms with Gasteiger partial charge in [0.1, 0.15) is 0 Å². The van der Waals surface area contributed by atoms with Crippen molar-refractivity contribution in [2.45, 2.75) is 32.4 Å². The molecule has 1 atom stereocenters. The minimum absolute atomic E-state index is 0.0160. The van der Waals surface area contributed by atoms with Gasteiger partial charge in [-0.25, -0.2) is 0 Å². The van der Waals surface area contributed by atoms with Gasteiger partial charge in [0, 0.05) is 12.1 Å². The van der Waals surface area contributed by atoms with E-state index in [-0.39, 0.29) is 22.1 Å². The average molecular weight is 335 g/mol. The Balaban J connectivity index is 2.94. The number of hydrogen-bond acceptors (Lipinski definition) is 4. The number of nitro benzene ring substituents is 1. The lowest BCUT2D eigenvalue weighted by Gasteiger charge is -2.23. The minimum Gasteiger partial charge on any atom is -0.387 e. The molecule has 1 rings (SSSR count). The van der Waals surface area contributed by atoms with E-state index >= 15 is 0 Å². The first-order valence-corrected chi connectivity index (χ1v) is 6.47. The molecule has 0 aliphatic rings. The summed E-state index contributed by atoms with van der Waals surface area (Å²) in [4.78, 5) is 9.84. The normalized spacial score (nSPS) is 13.4. The van der Waals surface area contributed by atoms with Crippen LogP contribution in [-0.2, 0) is 0 Å². The smallest absolute Gasteiger partial charge is 0.318 e. The maximum atomic E-state index is 13.6. The number of β-amino-alcohol motifs (C(OH)–C–C–N with tert-alkyl or cyclic N) is 1. The first kappa shape index (κ1) is 16.0. The number of hydrogen-bond donors (Lipinski definition) is 2. The van der Waals surface area contributed by atoms with E-state index in [1.807, 2.05) is 20.8 Å². The maximum Gasteiger partial charge on any atom is 0.318 e. The predicted molar refractivity (Wildman–Crippen MR) is 73.5 cm³/mol. The molecule has 0 bridgehead atoms. The van der Waals surface area contributed by atoms with E-state index in [9.17, 15) is 19.6 Å². The molecule has 5 nitrogen and oxygen atoms in total. The van der Waals surface area contributed by atoms with Crippen LogP contribution in [-0.4, -0.2) is 22.1 Å².